The second-order valence-corrected chi connectivity index (χ2v) is 10.5. The average Bonchev–Trinajstić information content (AvgIpc) is 2.79. The van der Waals surface area contributed by atoms with E-state index in [1.165, 1.54) is 10.4 Å². The van der Waals surface area contributed by atoms with Crippen molar-refractivity contribution < 1.29 is 18.0 Å². The molecule has 1 saturated heterocycles. The van der Waals surface area contributed by atoms with Gasteiger partial charge >= 0.3 is 0 Å². The largest absolute Gasteiger partial charge is 0.326 e. The maximum Gasteiger partial charge on any atom is 0.243 e. The fraction of sp³-hybridized carbons (Fsp3) is 0.391. The molecule has 166 valence electrons. The lowest BCUT2D eigenvalue weighted by molar-refractivity contribution is -0.116. The SMILES string of the molecule is CSc1ccc(C(=O)CCC(=O)Nc2cc(S(=O)(=O)N3CCCCC3)ccc2C)cc1. The molecule has 1 N–H and O–H groups in total. The van der Waals surface area contributed by atoms with E-state index in [-0.39, 0.29) is 29.4 Å². The number of aryl methyl sites for hydroxylation is 1. The molecule has 2 aromatic carbocycles. The molecule has 0 unspecified atom stereocenters. The summed E-state index contributed by atoms with van der Waals surface area (Å²) in [6.07, 6.45) is 4.87. The zero-order valence-corrected chi connectivity index (χ0v) is 19.5. The first-order valence-corrected chi connectivity index (χ1v) is 13.1. The third kappa shape index (κ3) is 5.96. The van der Waals surface area contributed by atoms with Gasteiger partial charge in [0.2, 0.25) is 15.9 Å². The zero-order chi connectivity index (χ0) is 22.4. The average molecular weight is 461 g/mol. The number of piperidine rings is 1. The number of sulfonamides is 1. The van der Waals surface area contributed by atoms with Crippen molar-refractivity contribution in [1.29, 1.82) is 0 Å². The number of carbonyl (C=O) groups excluding carboxylic acids is 2. The molecule has 0 radical (unpaired) electrons. The first-order chi connectivity index (χ1) is 14.8. The van der Waals surface area contributed by atoms with Crippen molar-refractivity contribution in [3.8, 4) is 0 Å². The number of benzene rings is 2. The van der Waals surface area contributed by atoms with Gasteiger partial charge in [-0.1, -0.05) is 24.6 Å². The summed E-state index contributed by atoms with van der Waals surface area (Å²) >= 11 is 1.60. The topological polar surface area (TPSA) is 83.5 Å². The smallest absolute Gasteiger partial charge is 0.243 e. The Morgan fingerprint density at radius 2 is 1.68 bits per heavy atom. The van der Waals surface area contributed by atoms with Crippen molar-refractivity contribution in [2.75, 3.05) is 24.7 Å². The third-order valence-electron chi connectivity index (χ3n) is 5.43. The Labute approximate surface area is 188 Å². The summed E-state index contributed by atoms with van der Waals surface area (Å²) < 4.78 is 27.4. The van der Waals surface area contributed by atoms with Crippen LogP contribution >= 0.6 is 11.8 Å². The number of amides is 1. The van der Waals surface area contributed by atoms with Gasteiger partial charge < -0.3 is 5.32 Å². The predicted octanol–water partition coefficient (Wildman–Crippen LogP) is 4.49. The molecule has 0 spiro atoms. The monoisotopic (exact) mass is 460 g/mol. The minimum atomic E-state index is -3.58. The highest BCUT2D eigenvalue weighted by molar-refractivity contribution is 7.98. The maximum absolute atomic E-state index is 12.9. The number of thioether (sulfide) groups is 1. The molecule has 0 bridgehead atoms. The number of nitrogens with one attached hydrogen (secondary N) is 1. The summed E-state index contributed by atoms with van der Waals surface area (Å²) in [6, 6.07) is 12.1. The number of hydrogen-bond acceptors (Lipinski definition) is 5. The minimum absolute atomic E-state index is 0.0334. The van der Waals surface area contributed by atoms with Crippen LogP contribution in [0.2, 0.25) is 0 Å². The van der Waals surface area contributed by atoms with Gasteiger partial charge in [0.1, 0.15) is 0 Å². The fourth-order valence-corrected chi connectivity index (χ4v) is 5.46. The highest BCUT2D eigenvalue weighted by Gasteiger charge is 2.26. The third-order valence-corrected chi connectivity index (χ3v) is 8.07. The Bertz CT molecular complexity index is 1040. The molecular formula is C23H28N2O4S2. The van der Waals surface area contributed by atoms with Crippen LogP contribution in [0, 0.1) is 6.92 Å². The molecule has 8 heteroatoms. The van der Waals surface area contributed by atoms with Crippen LogP contribution in [-0.4, -0.2) is 43.8 Å². The van der Waals surface area contributed by atoms with Gasteiger partial charge in [-0.15, -0.1) is 11.8 Å². The Morgan fingerprint density at radius 1 is 1.00 bits per heavy atom. The van der Waals surface area contributed by atoms with Crippen LogP contribution in [0.3, 0.4) is 0 Å². The molecule has 0 aliphatic carbocycles. The van der Waals surface area contributed by atoms with Crippen molar-refractivity contribution in [3.63, 3.8) is 0 Å². The number of hydrogen-bond donors (Lipinski definition) is 1. The van der Waals surface area contributed by atoms with Crippen molar-refractivity contribution in [2.24, 2.45) is 0 Å². The van der Waals surface area contributed by atoms with E-state index in [1.54, 1.807) is 36.0 Å². The van der Waals surface area contributed by atoms with Crippen LogP contribution in [0.5, 0.6) is 0 Å². The summed E-state index contributed by atoms with van der Waals surface area (Å²) in [5, 5.41) is 2.77. The maximum atomic E-state index is 12.9. The predicted molar refractivity (Wildman–Crippen MR) is 124 cm³/mol. The van der Waals surface area contributed by atoms with E-state index in [4.69, 9.17) is 0 Å². The second-order valence-electron chi connectivity index (χ2n) is 7.64. The minimum Gasteiger partial charge on any atom is -0.326 e. The van der Waals surface area contributed by atoms with Crippen molar-refractivity contribution in [3.05, 3.63) is 53.6 Å². The lowest BCUT2D eigenvalue weighted by Gasteiger charge is -2.26. The van der Waals surface area contributed by atoms with Crippen LogP contribution in [0.25, 0.3) is 0 Å². The highest BCUT2D eigenvalue weighted by atomic mass is 32.2. The first-order valence-electron chi connectivity index (χ1n) is 10.4. The second kappa shape index (κ2) is 10.4. The van der Waals surface area contributed by atoms with Crippen molar-refractivity contribution in [1.82, 2.24) is 4.31 Å². The van der Waals surface area contributed by atoms with Crippen LogP contribution in [0.4, 0.5) is 5.69 Å². The Kier molecular flexibility index (Phi) is 7.91. The molecule has 31 heavy (non-hydrogen) atoms. The number of rotatable bonds is 8. The van der Waals surface area contributed by atoms with E-state index < -0.39 is 10.0 Å². The molecule has 1 fully saturated rings. The molecule has 1 heterocycles. The van der Waals surface area contributed by atoms with Gasteiger partial charge in [0.15, 0.2) is 5.78 Å². The van der Waals surface area contributed by atoms with Gasteiger partial charge in [0, 0.05) is 42.1 Å². The number of anilines is 1. The Morgan fingerprint density at radius 3 is 2.32 bits per heavy atom. The number of carbonyl (C=O) groups is 2. The molecule has 0 saturated carbocycles. The normalized spacial score (nSPS) is 14.9. The molecular weight excluding hydrogens is 432 g/mol. The van der Waals surface area contributed by atoms with E-state index in [1.807, 2.05) is 25.3 Å². The van der Waals surface area contributed by atoms with Gasteiger partial charge in [-0.05, 0) is 55.9 Å². The van der Waals surface area contributed by atoms with Crippen LogP contribution in [0.15, 0.2) is 52.3 Å². The van der Waals surface area contributed by atoms with Crippen molar-refractivity contribution in [2.45, 2.75) is 48.8 Å². The van der Waals surface area contributed by atoms with Gasteiger partial charge in [-0.25, -0.2) is 8.42 Å². The van der Waals surface area contributed by atoms with E-state index in [0.29, 0.717) is 24.3 Å². The molecule has 0 aromatic heterocycles. The summed E-state index contributed by atoms with van der Waals surface area (Å²) in [5.41, 5.74) is 1.81. The van der Waals surface area contributed by atoms with E-state index in [0.717, 1.165) is 29.7 Å². The van der Waals surface area contributed by atoms with Gasteiger partial charge in [0.05, 0.1) is 4.90 Å². The quantitative estimate of drug-likeness (QED) is 0.463. The first kappa shape index (κ1) is 23.5. The number of nitrogens with zero attached hydrogens (tertiary/aromatic N) is 1. The van der Waals surface area contributed by atoms with Crippen LogP contribution in [-0.2, 0) is 14.8 Å². The molecule has 3 rings (SSSR count). The van der Waals surface area contributed by atoms with Gasteiger partial charge in [-0.3, -0.25) is 9.59 Å². The lowest BCUT2D eigenvalue weighted by atomic mass is 10.1. The Balaban J connectivity index is 1.64. The van der Waals surface area contributed by atoms with Gasteiger partial charge in [0.25, 0.3) is 0 Å². The van der Waals surface area contributed by atoms with Crippen molar-refractivity contribution >= 4 is 39.2 Å². The summed E-state index contributed by atoms with van der Waals surface area (Å²) in [4.78, 5) is 26.0. The summed E-state index contributed by atoms with van der Waals surface area (Å²) in [7, 11) is -3.58. The fourth-order valence-electron chi connectivity index (χ4n) is 3.51. The molecule has 1 aliphatic rings. The highest BCUT2D eigenvalue weighted by Crippen LogP contribution is 2.25. The molecule has 1 aliphatic heterocycles. The number of ketones is 1. The van der Waals surface area contributed by atoms with Gasteiger partial charge in [-0.2, -0.15) is 4.31 Å². The van der Waals surface area contributed by atoms with Crippen LogP contribution in [0.1, 0.15) is 48.0 Å². The molecule has 6 nitrogen and oxygen atoms in total. The van der Waals surface area contributed by atoms with E-state index in [2.05, 4.69) is 5.32 Å². The number of Topliss-reactive ketones (excluding diaryl/α,β-unsaturated/α-hetero) is 1. The summed E-state index contributed by atoms with van der Waals surface area (Å²) in [5.74, 6) is -0.411. The Hall–Kier alpha value is -2.16. The molecule has 1 amide bonds. The van der Waals surface area contributed by atoms with Crippen LogP contribution < -0.4 is 5.32 Å². The molecule has 0 atom stereocenters. The molecule has 2 aromatic rings. The standard InChI is InChI=1S/C23H28N2O4S2/c1-17-6-11-20(31(28,29)25-14-4-3-5-15-25)16-21(17)24-23(27)13-12-22(26)18-7-9-19(30-2)10-8-18/h6-11,16H,3-5,12-15H2,1-2H3,(H,24,27). The van der Waals surface area contributed by atoms with E-state index >= 15 is 0 Å². The zero-order valence-electron chi connectivity index (χ0n) is 17.9. The van der Waals surface area contributed by atoms with E-state index in [9.17, 15) is 18.0 Å². The lowest BCUT2D eigenvalue weighted by Crippen LogP contribution is -2.35. The summed E-state index contributed by atoms with van der Waals surface area (Å²) in [6.45, 7) is 2.86.